The Morgan fingerprint density at radius 2 is 1.79 bits per heavy atom. The summed E-state index contributed by atoms with van der Waals surface area (Å²) in [4.78, 5) is 0. The highest BCUT2D eigenvalue weighted by molar-refractivity contribution is 5.28. The van der Waals surface area contributed by atoms with E-state index in [1.165, 1.54) is 6.92 Å². The van der Waals surface area contributed by atoms with Crippen LogP contribution in [0.2, 0.25) is 0 Å². The molecule has 2 nitrogen and oxygen atoms in total. The Kier molecular flexibility index (Phi) is 4.47. The predicted molar refractivity (Wildman–Crippen MR) is 64.1 cm³/mol. The monoisotopic (exact) mass is 274 g/mol. The molecule has 19 heavy (non-hydrogen) atoms. The lowest BCUT2D eigenvalue weighted by Gasteiger charge is -2.30. The first-order valence-electron chi connectivity index (χ1n) is 6.41. The molecule has 0 aliphatic carbocycles. The highest BCUT2D eigenvalue weighted by Crippen LogP contribution is 2.32. The minimum atomic E-state index is -1.23. The maximum atomic E-state index is 13.8. The second kappa shape index (κ2) is 5.92. The number of hydrogen-bond donors (Lipinski definition) is 0. The second-order valence-electron chi connectivity index (χ2n) is 4.87. The molecule has 0 N–H and O–H groups in total. The van der Waals surface area contributed by atoms with E-state index in [0.717, 1.165) is 18.9 Å². The molecule has 5 heteroatoms. The van der Waals surface area contributed by atoms with Gasteiger partial charge in [0.05, 0.1) is 18.8 Å². The van der Waals surface area contributed by atoms with E-state index in [1.807, 2.05) is 6.92 Å². The zero-order valence-corrected chi connectivity index (χ0v) is 11.0. The molecular weight excluding hydrogens is 257 g/mol. The van der Waals surface area contributed by atoms with Gasteiger partial charge in [-0.1, -0.05) is 13.3 Å². The van der Waals surface area contributed by atoms with Crippen LogP contribution in [0.3, 0.4) is 0 Å². The maximum absolute atomic E-state index is 13.8. The van der Waals surface area contributed by atoms with E-state index >= 15 is 0 Å². The van der Waals surface area contributed by atoms with Crippen LogP contribution in [0.5, 0.6) is 0 Å². The topological polar surface area (TPSA) is 18.5 Å². The summed E-state index contributed by atoms with van der Waals surface area (Å²) in [6, 6.07) is 0.957. The highest BCUT2D eigenvalue weighted by atomic mass is 19.2. The first-order chi connectivity index (χ1) is 9.04. The number of halogens is 3. The third-order valence-corrected chi connectivity index (χ3v) is 3.28. The molecule has 1 aromatic carbocycles. The fourth-order valence-electron chi connectivity index (χ4n) is 2.23. The number of benzene rings is 1. The van der Waals surface area contributed by atoms with E-state index in [9.17, 15) is 13.2 Å². The average molecular weight is 274 g/mol. The van der Waals surface area contributed by atoms with E-state index in [1.54, 1.807) is 0 Å². The number of rotatable bonds is 3. The van der Waals surface area contributed by atoms with Crippen LogP contribution in [0.4, 0.5) is 13.2 Å². The standard InChI is InChI=1S/C14H17F3O2/c1-3-4-9-6-18-14(19-7-9)11-10(15)5-8(2)12(16)13(11)17/h5,9,14H,3-4,6-7H2,1-2H3/t9-,14-. The van der Waals surface area contributed by atoms with Crippen molar-refractivity contribution in [3.05, 3.63) is 34.6 Å². The van der Waals surface area contributed by atoms with Crippen molar-refractivity contribution in [3.8, 4) is 0 Å². The molecule has 1 saturated heterocycles. The largest absolute Gasteiger partial charge is 0.348 e. The lowest BCUT2D eigenvalue weighted by molar-refractivity contribution is -0.208. The highest BCUT2D eigenvalue weighted by Gasteiger charge is 2.30. The van der Waals surface area contributed by atoms with Gasteiger partial charge in [0, 0.05) is 5.92 Å². The smallest absolute Gasteiger partial charge is 0.189 e. The Bertz CT molecular complexity index is 454. The first-order valence-corrected chi connectivity index (χ1v) is 6.41. The van der Waals surface area contributed by atoms with Crippen LogP contribution in [-0.4, -0.2) is 13.2 Å². The SMILES string of the molecule is CCC[C@H]1CO[C@H](c2c(F)cc(C)c(F)c2F)OC1. The van der Waals surface area contributed by atoms with Crippen LogP contribution < -0.4 is 0 Å². The van der Waals surface area contributed by atoms with Crippen molar-refractivity contribution in [2.24, 2.45) is 5.92 Å². The molecule has 0 amide bonds. The molecule has 0 aromatic heterocycles. The van der Waals surface area contributed by atoms with Crippen molar-refractivity contribution in [2.75, 3.05) is 13.2 Å². The molecular formula is C14H17F3O2. The first kappa shape index (κ1) is 14.3. The van der Waals surface area contributed by atoms with Crippen molar-refractivity contribution in [2.45, 2.75) is 33.0 Å². The van der Waals surface area contributed by atoms with Crippen LogP contribution >= 0.6 is 0 Å². The van der Waals surface area contributed by atoms with Crippen molar-refractivity contribution in [3.63, 3.8) is 0 Å². The van der Waals surface area contributed by atoms with Crippen molar-refractivity contribution >= 4 is 0 Å². The number of aryl methyl sites for hydroxylation is 1. The lowest BCUT2D eigenvalue weighted by Crippen LogP contribution is -2.28. The van der Waals surface area contributed by atoms with Crippen LogP contribution in [0.25, 0.3) is 0 Å². The Morgan fingerprint density at radius 1 is 1.16 bits per heavy atom. The molecule has 1 fully saturated rings. The molecule has 0 unspecified atom stereocenters. The number of hydrogen-bond acceptors (Lipinski definition) is 2. The third kappa shape index (κ3) is 2.92. The van der Waals surface area contributed by atoms with E-state index in [-0.39, 0.29) is 11.5 Å². The van der Waals surface area contributed by atoms with Gasteiger partial charge in [0.1, 0.15) is 5.82 Å². The van der Waals surface area contributed by atoms with Crippen molar-refractivity contribution in [1.29, 1.82) is 0 Å². The van der Waals surface area contributed by atoms with Gasteiger partial charge in [-0.2, -0.15) is 0 Å². The van der Waals surface area contributed by atoms with E-state index < -0.39 is 29.3 Å². The Hall–Kier alpha value is -1.07. The molecule has 106 valence electrons. The van der Waals surface area contributed by atoms with Crippen LogP contribution in [0, 0.1) is 30.3 Å². The van der Waals surface area contributed by atoms with Crippen LogP contribution in [-0.2, 0) is 9.47 Å². The summed E-state index contributed by atoms with van der Waals surface area (Å²) in [5, 5.41) is 0. The fraction of sp³-hybridized carbons (Fsp3) is 0.571. The van der Waals surface area contributed by atoms with E-state index in [4.69, 9.17) is 9.47 Å². The van der Waals surface area contributed by atoms with Gasteiger partial charge in [0.2, 0.25) is 0 Å². The van der Waals surface area contributed by atoms with E-state index in [2.05, 4.69) is 0 Å². The summed E-state index contributed by atoms with van der Waals surface area (Å²) >= 11 is 0. The fourth-order valence-corrected chi connectivity index (χ4v) is 2.23. The van der Waals surface area contributed by atoms with Crippen LogP contribution in [0.15, 0.2) is 6.07 Å². The van der Waals surface area contributed by atoms with E-state index in [0.29, 0.717) is 13.2 Å². The summed E-state index contributed by atoms with van der Waals surface area (Å²) in [6.45, 7) is 4.09. The van der Waals surface area contributed by atoms with Gasteiger partial charge in [-0.05, 0) is 25.0 Å². The Labute approximate surface area is 110 Å². The summed E-state index contributed by atoms with van der Waals surface area (Å²) in [5.41, 5.74) is -0.545. The molecule has 0 atom stereocenters. The molecule has 2 rings (SSSR count). The molecule has 0 bridgehead atoms. The minimum absolute atomic E-state index is 0.0709. The molecule has 0 spiro atoms. The summed E-state index contributed by atoms with van der Waals surface area (Å²) in [6.07, 6.45) is 0.757. The predicted octanol–water partition coefficient (Wildman–Crippen LogP) is 3.87. The second-order valence-corrected chi connectivity index (χ2v) is 4.87. The Balaban J connectivity index is 2.18. The molecule has 1 aliphatic rings. The normalized spacial score (nSPS) is 23.6. The molecule has 0 saturated carbocycles. The molecule has 0 radical (unpaired) electrons. The van der Waals surface area contributed by atoms with Crippen molar-refractivity contribution < 1.29 is 22.6 Å². The summed E-state index contributed by atoms with van der Waals surface area (Å²) in [5.74, 6) is -2.89. The van der Waals surface area contributed by atoms with Gasteiger partial charge in [-0.3, -0.25) is 0 Å². The van der Waals surface area contributed by atoms with Gasteiger partial charge < -0.3 is 9.47 Å². The average Bonchev–Trinajstić information content (AvgIpc) is 2.38. The van der Waals surface area contributed by atoms with Gasteiger partial charge in [0.15, 0.2) is 17.9 Å². The summed E-state index contributed by atoms with van der Waals surface area (Å²) < 4.78 is 51.6. The quantitative estimate of drug-likeness (QED) is 0.779. The van der Waals surface area contributed by atoms with Gasteiger partial charge in [0.25, 0.3) is 0 Å². The zero-order chi connectivity index (χ0) is 14.0. The zero-order valence-electron chi connectivity index (χ0n) is 11.0. The molecule has 1 aliphatic heterocycles. The van der Waals surface area contributed by atoms with Crippen LogP contribution in [0.1, 0.15) is 37.2 Å². The molecule has 1 aromatic rings. The number of ether oxygens (including phenoxy) is 2. The van der Waals surface area contributed by atoms with Crippen molar-refractivity contribution in [1.82, 2.24) is 0 Å². The lowest BCUT2D eigenvalue weighted by atomic mass is 10.0. The molecule has 1 heterocycles. The maximum Gasteiger partial charge on any atom is 0.189 e. The van der Waals surface area contributed by atoms with Gasteiger partial charge in [-0.15, -0.1) is 0 Å². The Morgan fingerprint density at radius 3 is 2.37 bits per heavy atom. The third-order valence-electron chi connectivity index (χ3n) is 3.28. The minimum Gasteiger partial charge on any atom is -0.348 e. The summed E-state index contributed by atoms with van der Waals surface area (Å²) in [7, 11) is 0. The van der Waals surface area contributed by atoms with Gasteiger partial charge >= 0.3 is 0 Å². The van der Waals surface area contributed by atoms with Gasteiger partial charge in [-0.25, -0.2) is 13.2 Å².